The quantitative estimate of drug-likeness (QED) is 0.365. The highest BCUT2D eigenvalue weighted by Crippen LogP contribution is 2.44. The number of carbonyl (C=O) groups excluding carboxylic acids is 2. The summed E-state index contributed by atoms with van der Waals surface area (Å²) in [4.78, 5) is 40.4. The summed E-state index contributed by atoms with van der Waals surface area (Å²) in [6.07, 6.45) is -0.657. The Morgan fingerprint density at radius 2 is 1.56 bits per heavy atom. The maximum Gasteiger partial charge on any atom is 0.407 e. The summed E-state index contributed by atoms with van der Waals surface area (Å²) >= 11 is 0. The van der Waals surface area contributed by atoms with Crippen LogP contribution >= 0.6 is 0 Å². The van der Waals surface area contributed by atoms with Crippen LogP contribution in [-0.2, 0) is 25.5 Å². The molecule has 0 bridgehead atoms. The van der Waals surface area contributed by atoms with Crippen molar-refractivity contribution in [3.05, 3.63) is 89.5 Å². The third-order valence-corrected chi connectivity index (χ3v) is 7.73. The van der Waals surface area contributed by atoms with Crippen LogP contribution in [0.4, 0.5) is 4.79 Å². The minimum atomic E-state index is -1.18. The highest BCUT2D eigenvalue weighted by Gasteiger charge is 2.49. The molecule has 5 rings (SSSR count). The Labute approximate surface area is 251 Å². The first-order chi connectivity index (χ1) is 20.3. The molecule has 2 N–H and O–H groups in total. The van der Waals surface area contributed by atoms with Crippen LogP contribution in [0.15, 0.2) is 72.8 Å². The SMILES string of the molecule is CC(C)(C)Oc1ccc(C[C@H](NC(=O)OCC2c3ccccc3-c3ccccc32)C(=O)N2[C@H](C(=O)O)COC2(C)C)cc1. The number of rotatable bonds is 8. The van der Waals surface area contributed by atoms with Gasteiger partial charge in [0, 0.05) is 12.3 Å². The van der Waals surface area contributed by atoms with Gasteiger partial charge in [-0.3, -0.25) is 9.69 Å². The number of ether oxygens (including phenoxy) is 3. The molecular weight excluding hydrogens is 548 g/mol. The van der Waals surface area contributed by atoms with E-state index in [1.165, 1.54) is 4.90 Å². The van der Waals surface area contributed by atoms with Gasteiger partial charge in [-0.25, -0.2) is 9.59 Å². The van der Waals surface area contributed by atoms with Crippen molar-refractivity contribution in [3.63, 3.8) is 0 Å². The second-order valence-corrected chi connectivity index (χ2v) is 12.4. The number of nitrogens with one attached hydrogen (secondary N) is 1. The lowest BCUT2D eigenvalue weighted by molar-refractivity contribution is -0.156. The molecule has 2 aliphatic rings. The van der Waals surface area contributed by atoms with Crippen molar-refractivity contribution < 1.29 is 33.7 Å². The summed E-state index contributed by atoms with van der Waals surface area (Å²) in [5.74, 6) is -1.23. The van der Waals surface area contributed by atoms with Crippen molar-refractivity contribution in [3.8, 4) is 16.9 Å². The van der Waals surface area contributed by atoms with Crippen molar-refractivity contribution in [1.29, 1.82) is 0 Å². The van der Waals surface area contributed by atoms with Crippen molar-refractivity contribution in [2.24, 2.45) is 0 Å². The minimum Gasteiger partial charge on any atom is -0.488 e. The molecule has 0 unspecified atom stereocenters. The Morgan fingerprint density at radius 3 is 2.12 bits per heavy atom. The first-order valence-corrected chi connectivity index (χ1v) is 14.4. The second kappa shape index (κ2) is 11.7. The molecule has 9 heteroatoms. The zero-order chi connectivity index (χ0) is 30.9. The molecule has 1 aliphatic heterocycles. The van der Waals surface area contributed by atoms with E-state index >= 15 is 0 Å². The number of amides is 2. The maximum atomic E-state index is 13.9. The Balaban J connectivity index is 1.35. The predicted molar refractivity (Wildman–Crippen MR) is 161 cm³/mol. The van der Waals surface area contributed by atoms with E-state index in [0.717, 1.165) is 27.8 Å². The highest BCUT2D eigenvalue weighted by molar-refractivity contribution is 5.90. The summed E-state index contributed by atoms with van der Waals surface area (Å²) in [5.41, 5.74) is 3.56. The molecule has 3 aromatic rings. The lowest BCUT2D eigenvalue weighted by atomic mass is 9.98. The second-order valence-electron chi connectivity index (χ2n) is 12.4. The zero-order valence-corrected chi connectivity index (χ0v) is 25.1. The van der Waals surface area contributed by atoms with Gasteiger partial charge in [0.2, 0.25) is 5.91 Å². The number of carboxylic acid groups (broad SMARTS) is 1. The Kier molecular flexibility index (Phi) is 8.21. The van der Waals surface area contributed by atoms with E-state index in [9.17, 15) is 19.5 Å². The van der Waals surface area contributed by atoms with Crippen LogP contribution in [0.3, 0.4) is 0 Å². The van der Waals surface area contributed by atoms with Crippen molar-refractivity contribution in [1.82, 2.24) is 10.2 Å². The third kappa shape index (κ3) is 6.51. The fourth-order valence-electron chi connectivity index (χ4n) is 5.84. The zero-order valence-electron chi connectivity index (χ0n) is 25.1. The van der Waals surface area contributed by atoms with Crippen molar-refractivity contribution in [2.75, 3.05) is 13.2 Å². The van der Waals surface area contributed by atoms with Gasteiger partial charge in [-0.1, -0.05) is 60.7 Å². The van der Waals surface area contributed by atoms with Gasteiger partial charge in [0.15, 0.2) is 6.04 Å². The molecule has 0 spiro atoms. The summed E-state index contributed by atoms with van der Waals surface area (Å²) in [6.45, 7) is 9.06. The monoisotopic (exact) mass is 586 g/mol. The smallest absolute Gasteiger partial charge is 0.407 e. The Hall–Kier alpha value is -4.37. The molecule has 0 saturated carbocycles. The molecule has 9 nitrogen and oxygen atoms in total. The van der Waals surface area contributed by atoms with E-state index < -0.39 is 35.8 Å². The number of aliphatic carboxylic acids is 1. The molecule has 0 radical (unpaired) electrons. The fourth-order valence-corrected chi connectivity index (χ4v) is 5.84. The number of carboxylic acids is 1. The van der Waals surface area contributed by atoms with Crippen molar-refractivity contribution in [2.45, 2.75) is 70.4 Å². The van der Waals surface area contributed by atoms with Gasteiger partial charge in [0.25, 0.3) is 0 Å². The van der Waals surface area contributed by atoms with Crippen LogP contribution in [0.5, 0.6) is 5.75 Å². The van der Waals surface area contributed by atoms with Gasteiger partial charge >= 0.3 is 12.1 Å². The Bertz CT molecular complexity index is 1460. The number of fused-ring (bicyclic) bond motifs is 3. The van der Waals surface area contributed by atoms with Crippen LogP contribution in [0.1, 0.15) is 57.2 Å². The lowest BCUT2D eigenvalue weighted by Crippen LogP contribution is -2.58. The van der Waals surface area contributed by atoms with Gasteiger partial charge in [0.05, 0.1) is 6.61 Å². The average Bonchev–Trinajstić information content (AvgIpc) is 3.45. The van der Waals surface area contributed by atoms with E-state index in [1.54, 1.807) is 26.0 Å². The van der Waals surface area contributed by atoms with Crippen LogP contribution in [0.2, 0.25) is 0 Å². The first kappa shape index (κ1) is 30.1. The topological polar surface area (TPSA) is 114 Å². The molecule has 0 aromatic heterocycles. The van der Waals surface area contributed by atoms with Gasteiger partial charge in [0.1, 0.15) is 29.7 Å². The van der Waals surface area contributed by atoms with Gasteiger partial charge in [-0.05, 0) is 74.6 Å². The van der Waals surface area contributed by atoms with E-state index in [1.807, 2.05) is 69.3 Å². The molecule has 1 aliphatic carbocycles. The summed E-state index contributed by atoms with van der Waals surface area (Å²) in [5, 5.41) is 12.5. The maximum absolute atomic E-state index is 13.9. The number of hydrogen-bond donors (Lipinski definition) is 2. The molecule has 1 fully saturated rings. The van der Waals surface area contributed by atoms with Gasteiger partial charge < -0.3 is 24.6 Å². The number of nitrogens with zero attached hydrogens (tertiary/aromatic N) is 1. The molecular formula is C34H38N2O7. The predicted octanol–water partition coefficient (Wildman–Crippen LogP) is 5.36. The summed E-state index contributed by atoms with van der Waals surface area (Å²) < 4.78 is 17.3. The Morgan fingerprint density at radius 1 is 0.977 bits per heavy atom. The molecule has 1 saturated heterocycles. The number of carbonyl (C=O) groups is 3. The highest BCUT2D eigenvalue weighted by atomic mass is 16.6. The van der Waals surface area contributed by atoms with Crippen LogP contribution in [0.25, 0.3) is 11.1 Å². The average molecular weight is 587 g/mol. The van der Waals surface area contributed by atoms with Crippen LogP contribution < -0.4 is 10.1 Å². The fraction of sp³-hybridized carbons (Fsp3) is 0.382. The van der Waals surface area contributed by atoms with E-state index in [-0.39, 0.29) is 31.2 Å². The van der Waals surface area contributed by atoms with Crippen LogP contribution in [0, 0.1) is 0 Å². The van der Waals surface area contributed by atoms with Gasteiger partial charge in [-0.15, -0.1) is 0 Å². The van der Waals surface area contributed by atoms with E-state index in [2.05, 4.69) is 17.4 Å². The largest absolute Gasteiger partial charge is 0.488 e. The lowest BCUT2D eigenvalue weighted by Gasteiger charge is -2.35. The third-order valence-electron chi connectivity index (χ3n) is 7.73. The van der Waals surface area contributed by atoms with E-state index in [0.29, 0.717) is 5.75 Å². The standard InChI is InChI=1S/C34H38N2O7/c1-33(2,3)43-22-16-14-21(15-17-22)18-28(30(37)36-29(31(38)39)20-42-34(36,4)5)35-32(40)41-19-27-25-12-8-6-10-23(25)24-11-7-9-13-26(24)27/h6-17,27-29H,18-20H2,1-5H3,(H,35,40)(H,38,39)/t28-,29-/m0/s1. The first-order valence-electron chi connectivity index (χ1n) is 14.4. The number of benzene rings is 3. The molecule has 226 valence electrons. The molecule has 43 heavy (non-hydrogen) atoms. The van der Waals surface area contributed by atoms with Crippen LogP contribution in [-0.4, -0.2) is 64.6 Å². The molecule has 2 amide bonds. The van der Waals surface area contributed by atoms with E-state index in [4.69, 9.17) is 14.2 Å². The molecule has 1 heterocycles. The normalized spacial score (nSPS) is 18.0. The van der Waals surface area contributed by atoms with Gasteiger partial charge in [-0.2, -0.15) is 0 Å². The summed E-state index contributed by atoms with van der Waals surface area (Å²) in [7, 11) is 0. The number of alkyl carbamates (subject to hydrolysis) is 1. The minimum absolute atomic E-state index is 0.0790. The van der Waals surface area contributed by atoms with Crippen molar-refractivity contribution >= 4 is 18.0 Å². The molecule has 3 aromatic carbocycles. The number of hydrogen-bond acceptors (Lipinski definition) is 6. The molecule has 2 atom stereocenters. The summed E-state index contributed by atoms with van der Waals surface area (Å²) in [6, 6.07) is 21.0.